The molecule has 192 valence electrons. The first kappa shape index (κ1) is 26.9. The molecule has 36 heavy (non-hydrogen) atoms. The number of hydrogen-bond donors (Lipinski definition) is 2. The largest absolute Gasteiger partial charge is 0.403 e. The van der Waals surface area contributed by atoms with Gasteiger partial charge in [0.05, 0.1) is 23.2 Å². The smallest absolute Gasteiger partial charge is 0.225 e. The van der Waals surface area contributed by atoms with Gasteiger partial charge in [-0.05, 0) is 49.6 Å². The SMILES string of the molecule is CO[C@@H](C)C(=Nc1ccccc1)/C(=C\N)Nc1ccc(CN(C)C(=O)C2CCN(C(C)=O)CC2)cc1. The second-order valence-electron chi connectivity index (χ2n) is 9.09. The maximum atomic E-state index is 12.9. The minimum Gasteiger partial charge on any atom is -0.403 e. The van der Waals surface area contributed by atoms with Crippen molar-refractivity contribution in [3.05, 3.63) is 72.1 Å². The quantitative estimate of drug-likeness (QED) is 0.518. The zero-order chi connectivity index (χ0) is 26.1. The molecule has 0 aliphatic carbocycles. The number of carbonyl (C=O) groups excluding carboxylic acids is 2. The Kier molecular flexibility index (Phi) is 9.64. The lowest BCUT2D eigenvalue weighted by molar-refractivity contribution is -0.139. The average molecular weight is 492 g/mol. The van der Waals surface area contributed by atoms with Crippen molar-refractivity contribution in [3.63, 3.8) is 0 Å². The van der Waals surface area contributed by atoms with E-state index in [0.29, 0.717) is 43.9 Å². The van der Waals surface area contributed by atoms with Crippen molar-refractivity contribution < 1.29 is 14.3 Å². The van der Waals surface area contributed by atoms with Crippen LogP contribution < -0.4 is 11.1 Å². The predicted molar refractivity (Wildman–Crippen MR) is 144 cm³/mol. The number of carbonyl (C=O) groups is 2. The molecule has 3 rings (SSSR count). The Balaban J connectivity index is 1.63. The molecule has 1 aliphatic rings. The minimum atomic E-state index is -0.270. The van der Waals surface area contributed by atoms with Crippen molar-refractivity contribution in [2.45, 2.75) is 39.3 Å². The third-order valence-corrected chi connectivity index (χ3v) is 6.51. The molecule has 0 radical (unpaired) electrons. The van der Waals surface area contributed by atoms with Crippen LogP contribution in [-0.2, 0) is 20.9 Å². The standard InChI is InChI=1S/C28H37N5O3/c1-20(36-4)27(31-24-8-6-5-7-9-24)26(18-29)30-25-12-10-22(11-13-25)19-32(3)28(35)23-14-16-33(17-15-23)21(2)34/h5-13,18,20,23,30H,14-17,19,29H2,1-4H3/b26-18+,31-27?/t20-/m0/s1. The number of para-hydroxylation sites is 1. The number of nitrogens with one attached hydrogen (secondary N) is 1. The summed E-state index contributed by atoms with van der Waals surface area (Å²) in [7, 11) is 3.47. The van der Waals surface area contributed by atoms with Gasteiger partial charge in [-0.2, -0.15) is 0 Å². The third-order valence-electron chi connectivity index (χ3n) is 6.51. The van der Waals surface area contributed by atoms with E-state index in [1.54, 1.807) is 18.9 Å². The molecule has 0 saturated carbocycles. The van der Waals surface area contributed by atoms with Gasteiger partial charge in [0, 0.05) is 58.5 Å². The number of rotatable bonds is 9. The Morgan fingerprint density at radius 3 is 2.36 bits per heavy atom. The van der Waals surface area contributed by atoms with Gasteiger partial charge in [0.25, 0.3) is 0 Å². The molecule has 8 heteroatoms. The van der Waals surface area contributed by atoms with Crippen LogP contribution in [0, 0.1) is 5.92 Å². The average Bonchev–Trinajstić information content (AvgIpc) is 2.91. The number of piperidine rings is 1. The number of benzene rings is 2. The highest BCUT2D eigenvalue weighted by molar-refractivity contribution is 6.06. The Morgan fingerprint density at radius 2 is 1.81 bits per heavy atom. The van der Waals surface area contributed by atoms with Gasteiger partial charge in [0.2, 0.25) is 11.8 Å². The van der Waals surface area contributed by atoms with E-state index < -0.39 is 0 Å². The van der Waals surface area contributed by atoms with Gasteiger partial charge in [-0.1, -0.05) is 30.3 Å². The first-order valence-electron chi connectivity index (χ1n) is 12.3. The molecule has 1 fully saturated rings. The van der Waals surface area contributed by atoms with Gasteiger partial charge < -0.3 is 25.6 Å². The number of methoxy groups -OCH3 is 1. The summed E-state index contributed by atoms with van der Waals surface area (Å²) in [4.78, 5) is 32.8. The van der Waals surface area contributed by atoms with Crippen molar-refractivity contribution in [2.75, 3.05) is 32.6 Å². The zero-order valence-electron chi connectivity index (χ0n) is 21.6. The Morgan fingerprint density at radius 1 is 1.17 bits per heavy atom. The highest BCUT2D eigenvalue weighted by Crippen LogP contribution is 2.22. The van der Waals surface area contributed by atoms with E-state index in [9.17, 15) is 9.59 Å². The molecule has 0 spiro atoms. The van der Waals surface area contributed by atoms with Crippen LogP contribution in [0.5, 0.6) is 0 Å². The van der Waals surface area contributed by atoms with Crippen molar-refractivity contribution in [1.29, 1.82) is 0 Å². The van der Waals surface area contributed by atoms with Gasteiger partial charge in [-0.15, -0.1) is 0 Å². The normalized spacial score (nSPS) is 15.9. The molecule has 0 bridgehead atoms. The van der Waals surface area contributed by atoms with Crippen LogP contribution in [-0.4, -0.2) is 60.7 Å². The number of aliphatic imine (C=N–C) groups is 1. The van der Waals surface area contributed by atoms with E-state index in [2.05, 4.69) is 5.32 Å². The molecule has 2 aromatic carbocycles. The van der Waals surface area contributed by atoms with Gasteiger partial charge in [-0.3, -0.25) is 9.59 Å². The molecule has 3 N–H and O–H groups in total. The van der Waals surface area contributed by atoms with Crippen molar-refractivity contribution in [3.8, 4) is 0 Å². The second kappa shape index (κ2) is 12.9. The summed E-state index contributed by atoms with van der Waals surface area (Å²) in [6, 6.07) is 17.6. The number of likely N-dealkylation sites (tertiary alicyclic amines) is 1. The predicted octanol–water partition coefficient (Wildman–Crippen LogP) is 3.92. The fourth-order valence-electron chi connectivity index (χ4n) is 4.27. The summed E-state index contributed by atoms with van der Waals surface area (Å²) in [6.07, 6.45) is 2.66. The van der Waals surface area contributed by atoms with Crippen LogP contribution in [0.1, 0.15) is 32.3 Å². The molecule has 0 aromatic heterocycles. The van der Waals surface area contributed by atoms with Crippen LogP contribution in [0.4, 0.5) is 11.4 Å². The number of nitrogens with two attached hydrogens (primary N) is 1. The molecule has 2 aromatic rings. The molecule has 1 aliphatic heterocycles. The number of nitrogens with zero attached hydrogens (tertiary/aromatic N) is 3. The molecule has 1 saturated heterocycles. The van der Waals surface area contributed by atoms with Crippen LogP contribution in [0.25, 0.3) is 0 Å². The number of hydrogen-bond acceptors (Lipinski definition) is 6. The van der Waals surface area contributed by atoms with E-state index in [-0.39, 0.29) is 23.8 Å². The maximum Gasteiger partial charge on any atom is 0.225 e. The zero-order valence-corrected chi connectivity index (χ0v) is 21.6. The van der Waals surface area contributed by atoms with Gasteiger partial charge in [0.1, 0.15) is 0 Å². The van der Waals surface area contributed by atoms with E-state index in [4.69, 9.17) is 15.5 Å². The van der Waals surface area contributed by atoms with Gasteiger partial charge in [-0.25, -0.2) is 4.99 Å². The van der Waals surface area contributed by atoms with Crippen molar-refractivity contribution in [2.24, 2.45) is 16.6 Å². The molecular weight excluding hydrogens is 454 g/mol. The van der Waals surface area contributed by atoms with E-state index in [1.165, 1.54) is 6.20 Å². The lowest BCUT2D eigenvalue weighted by atomic mass is 9.95. The topological polar surface area (TPSA) is 100 Å². The first-order chi connectivity index (χ1) is 17.3. The lowest BCUT2D eigenvalue weighted by Gasteiger charge is -2.32. The molecule has 0 unspecified atom stereocenters. The molecule has 1 atom stereocenters. The van der Waals surface area contributed by atoms with Crippen molar-refractivity contribution in [1.82, 2.24) is 9.80 Å². The fraction of sp³-hybridized carbons (Fsp3) is 0.393. The van der Waals surface area contributed by atoms with Crippen LogP contribution >= 0.6 is 0 Å². The monoisotopic (exact) mass is 491 g/mol. The summed E-state index contributed by atoms with van der Waals surface area (Å²) in [5.41, 5.74) is 10.0. The maximum absolute atomic E-state index is 12.9. The highest BCUT2D eigenvalue weighted by Gasteiger charge is 2.28. The molecule has 1 heterocycles. The Labute approximate surface area is 213 Å². The Hall–Kier alpha value is -3.65. The lowest BCUT2D eigenvalue weighted by Crippen LogP contribution is -2.42. The van der Waals surface area contributed by atoms with Crippen molar-refractivity contribution >= 4 is 28.9 Å². The van der Waals surface area contributed by atoms with Crippen LogP contribution in [0.3, 0.4) is 0 Å². The number of ether oxygens (including phenoxy) is 1. The van der Waals surface area contributed by atoms with E-state index >= 15 is 0 Å². The third kappa shape index (κ3) is 7.18. The summed E-state index contributed by atoms with van der Waals surface area (Å²) in [5, 5.41) is 3.35. The summed E-state index contributed by atoms with van der Waals surface area (Å²) >= 11 is 0. The van der Waals surface area contributed by atoms with Gasteiger partial charge >= 0.3 is 0 Å². The minimum absolute atomic E-state index is 0.0334. The van der Waals surface area contributed by atoms with E-state index in [1.807, 2.05) is 73.5 Å². The van der Waals surface area contributed by atoms with E-state index in [0.717, 1.165) is 16.9 Å². The fourth-order valence-corrected chi connectivity index (χ4v) is 4.27. The number of anilines is 1. The molecule has 2 amide bonds. The summed E-state index contributed by atoms with van der Waals surface area (Å²) < 4.78 is 5.53. The molecular formula is C28H37N5O3. The number of amides is 2. The van der Waals surface area contributed by atoms with Gasteiger partial charge in [0.15, 0.2) is 0 Å². The highest BCUT2D eigenvalue weighted by atomic mass is 16.5. The second-order valence-corrected chi connectivity index (χ2v) is 9.09. The summed E-state index contributed by atoms with van der Waals surface area (Å²) in [6.45, 7) is 5.32. The first-order valence-corrected chi connectivity index (χ1v) is 12.3. The molecule has 8 nitrogen and oxygen atoms in total. The Bertz CT molecular complexity index is 1070. The summed E-state index contributed by atoms with van der Waals surface area (Å²) in [5.74, 6) is 0.170. The van der Waals surface area contributed by atoms with Crippen LogP contribution in [0.2, 0.25) is 0 Å². The van der Waals surface area contributed by atoms with Crippen LogP contribution in [0.15, 0.2) is 71.5 Å².